The molecule has 6 nitrogen and oxygen atoms in total. The standard InChI is InChI=1S/C15H23BO3.C6H8N2O.ClH/c1-13(2,17)11-8-7-9-12(10-11)16-18-14(3,4)15(5,6)19-16;1-2-7-3-5-4-8-9-6(1)5;/h7-10,17H,1-6H3;4,7H,1-3H2;1H. The van der Waals surface area contributed by atoms with Gasteiger partial charge < -0.3 is 24.3 Å². The molecule has 0 saturated carbocycles. The minimum Gasteiger partial charge on any atom is -0.399 e. The lowest BCUT2D eigenvalue weighted by molar-refractivity contribution is 0.00578. The van der Waals surface area contributed by atoms with E-state index in [4.69, 9.17) is 13.8 Å². The molecule has 0 unspecified atom stereocenters. The van der Waals surface area contributed by atoms with Crippen molar-refractivity contribution in [1.82, 2.24) is 10.5 Å². The van der Waals surface area contributed by atoms with E-state index in [2.05, 4.69) is 10.5 Å². The SMILES string of the molecule is CC(C)(O)c1cccc(B2OC(C)(C)C(C)(C)O2)c1.Cl.c1noc2c1CNCC2. The first-order valence-corrected chi connectivity index (χ1v) is 9.81. The van der Waals surface area contributed by atoms with Gasteiger partial charge >= 0.3 is 7.12 Å². The van der Waals surface area contributed by atoms with E-state index in [9.17, 15) is 5.11 Å². The van der Waals surface area contributed by atoms with E-state index in [-0.39, 0.29) is 30.7 Å². The van der Waals surface area contributed by atoms with Crippen LogP contribution in [0.3, 0.4) is 0 Å². The van der Waals surface area contributed by atoms with Gasteiger partial charge in [-0.25, -0.2) is 0 Å². The Balaban J connectivity index is 0.000000250. The van der Waals surface area contributed by atoms with Crippen LogP contribution < -0.4 is 10.8 Å². The van der Waals surface area contributed by atoms with Gasteiger partial charge in [0.2, 0.25) is 0 Å². The second-order valence-corrected chi connectivity index (χ2v) is 8.97. The smallest absolute Gasteiger partial charge is 0.399 e. The van der Waals surface area contributed by atoms with Crippen LogP contribution in [0.25, 0.3) is 0 Å². The Labute approximate surface area is 179 Å². The van der Waals surface area contributed by atoms with Crippen molar-refractivity contribution >= 4 is 25.0 Å². The van der Waals surface area contributed by atoms with E-state index in [0.29, 0.717) is 0 Å². The van der Waals surface area contributed by atoms with Crippen molar-refractivity contribution in [2.24, 2.45) is 0 Å². The molecule has 2 N–H and O–H groups in total. The van der Waals surface area contributed by atoms with Crippen molar-refractivity contribution in [2.45, 2.75) is 71.3 Å². The van der Waals surface area contributed by atoms with Gasteiger partial charge in [0.15, 0.2) is 0 Å². The Morgan fingerprint density at radius 2 is 1.79 bits per heavy atom. The maximum atomic E-state index is 10.1. The van der Waals surface area contributed by atoms with Crippen LogP contribution in [0.2, 0.25) is 0 Å². The first-order chi connectivity index (χ1) is 13.0. The topological polar surface area (TPSA) is 76.8 Å². The number of hydrogen-bond acceptors (Lipinski definition) is 6. The van der Waals surface area contributed by atoms with Crippen molar-refractivity contribution in [3.8, 4) is 0 Å². The number of benzene rings is 1. The van der Waals surface area contributed by atoms with Crippen LogP contribution in [-0.4, -0.2) is 35.1 Å². The molecule has 0 aliphatic carbocycles. The number of fused-ring (bicyclic) bond motifs is 1. The summed E-state index contributed by atoms with van der Waals surface area (Å²) < 4.78 is 17.0. The van der Waals surface area contributed by atoms with Gasteiger partial charge in [-0.2, -0.15) is 0 Å². The molecule has 0 amide bonds. The number of hydrogen-bond donors (Lipinski definition) is 2. The zero-order valence-electron chi connectivity index (χ0n) is 18.1. The third-order valence-corrected chi connectivity index (χ3v) is 5.69. The summed E-state index contributed by atoms with van der Waals surface area (Å²) in [4.78, 5) is 0. The fraction of sp³-hybridized carbons (Fsp3) is 0.571. The molecule has 160 valence electrons. The van der Waals surface area contributed by atoms with Crippen molar-refractivity contribution in [3.63, 3.8) is 0 Å². The Bertz CT molecular complexity index is 781. The highest BCUT2D eigenvalue weighted by Gasteiger charge is 2.51. The van der Waals surface area contributed by atoms with Gasteiger partial charge in [0.1, 0.15) is 5.76 Å². The predicted molar refractivity (Wildman–Crippen MR) is 117 cm³/mol. The summed E-state index contributed by atoms with van der Waals surface area (Å²) in [5.41, 5.74) is 1.46. The fourth-order valence-corrected chi connectivity index (χ4v) is 3.10. The molecule has 2 aliphatic heterocycles. The number of nitrogens with zero attached hydrogens (tertiary/aromatic N) is 1. The molecule has 3 heterocycles. The molecule has 0 radical (unpaired) electrons. The predicted octanol–water partition coefficient (Wildman–Crippen LogP) is 2.96. The molecule has 0 bridgehead atoms. The van der Waals surface area contributed by atoms with Crippen LogP contribution in [0.5, 0.6) is 0 Å². The molecule has 1 saturated heterocycles. The number of aliphatic hydroxyl groups is 1. The number of nitrogens with one attached hydrogen (secondary N) is 1. The summed E-state index contributed by atoms with van der Waals surface area (Å²) in [6.07, 6.45) is 2.76. The van der Waals surface area contributed by atoms with Gasteiger partial charge in [0.05, 0.1) is 23.0 Å². The van der Waals surface area contributed by atoms with Crippen LogP contribution >= 0.6 is 12.4 Å². The van der Waals surface area contributed by atoms with Crippen LogP contribution in [-0.2, 0) is 27.9 Å². The summed E-state index contributed by atoms with van der Waals surface area (Å²) >= 11 is 0. The maximum Gasteiger partial charge on any atom is 0.494 e. The molecule has 1 fully saturated rings. The lowest BCUT2D eigenvalue weighted by Crippen LogP contribution is -2.41. The maximum absolute atomic E-state index is 10.1. The average molecular weight is 423 g/mol. The zero-order valence-corrected chi connectivity index (χ0v) is 18.9. The van der Waals surface area contributed by atoms with Gasteiger partial charge in [-0.05, 0) is 52.6 Å². The molecule has 1 aromatic heterocycles. The Morgan fingerprint density at radius 3 is 2.38 bits per heavy atom. The average Bonchev–Trinajstić information content (AvgIpc) is 3.17. The summed E-state index contributed by atoms with van der Waals surface area (Å²) in [5, 5.41) is 17.0. The highest BCUT2D eigenvalue weighted by atomic mass is 35.5. The number of aromatic nitrogens is 1. The molecular formula is C21H32BClN2O4. The highest BCUT2D eigenvalue weighted by Crippen LogP contribution is 2.36. The molecular weight excluding hydrogens is 391 g/mol. The highest BCUT2D eigenvalue weighted by molar-refractivity contribution is 6.62. The molecule has 0 atom stereocenters. The van der Waals surface area contributed by atoms with Gasteiger partial charge in [0.25, 0.3) is 0 Å². The number of halogens is 1. The second-order valence-electron chi connectivity index (χ2n) is 8.97. The quantitative estimate of drug-likeness (QED) is 0.725. The summed E-state index contributed by atoms with van der Waals surface area (Å²) in [6.45, 7) is 13.6. The van der Waals surface area contributed by atoms with Gasteiger partial charge in [-0.15, -0.1) is 12.4 Å². The van der Waals surface area contributed by atoms with Crippen LogP contribution in [0.1, 0.15) is 58.4 Å². The van der Waals surface area contributed by atoms with E-state index < -0.39 is 5.60 Å². The fourth-order valence-electron chi connectivity index (χ4n) is 3.10. The number of rotatable bonds is 2. The van der Waals surface area contributed by atoms with E-state index in [1.807, 2.05) is 52.0 Å². The van der Waals surface area contributed by atoms with E-state index >= 15 is 0 Å². The van der Waals surface area contributed by atoms with Crippen molar-refractivity contribution in [1.29, 1.82) is 0 Å². The molecule has 2 aliphatic rings. The lowest BCUT2D eigenvalue weighted by Gasteiger charge is -2.32. The van der Waals surface area contributed by atoms with Crippen molar-refractivity contribution < 1.29 is 18.9 Å². The van der Waals surface area contributed by atoms with E-state index in [1.54, 1.807) is 20.0 Å². The Kier molecular flexibility index (Phi) is 7.24. The summed E-state index contributed by atoms with van der Waals surface area (Å²) in [5.74, 6) is 1.05. The minimum atomic E-state index is -0.861. The summed E-state index contributed by atoms with van der Waals surface area (Å²) in [7, 11) is -0.382. The van der Waals surface area contributed by atoms with Gasteiger partial charge in [-0.3, -0.25) is 0 Å². The molecule has 1 aromatic carbocycles. The third kappa shape index (κ3) is 5.41. The minimum absolute atomic E-state index is 0. The molecule has 8 heteroatoms. The Morgan fingerprint density at radius 1 is 1.14 bits per heavy atom. The zero-order chi connectivity index (χ0) is 20.6. The van der Waals surface area contributed by atoms with Crippen LogP contribution in [0.4, 0.5) is 0 Å². The first kappa shape index (κ1) is 23.9. The second kappa shape index (κ2) is 8.78. The monoisotopic (exact) mass is 422 g/mol. The van der Waals surface area contributed by atoms with Crippen LogP contribution in [0, 0.1) is 0 Å². The first-order valence-electron chi connectivity index (χ1n) is 9.81. The third-order valence-electron chi connectivity index (χ3n) is 5.69. The van der Waals surface area contributed by atoms with E-state index in [0.717, 1.165) is 36.3 Å². The largest absolute Gasteiger partial charge is 0.494 e. The van der Waals surface area contributed by atoms with Gasteiger partial charge in [0, 0.05) is 25.1 Å². The van der Waals surface area contributed by atoms with E-state index in [1.165, 1.54) is 5.56 Å². The molecule has 0 spiro atoms. The molecule has 29 heavy (non-hydrogen) atoms. The lowest BCUT2D eigenvalue weighted by atomic mass is 9.77. The van der Waals surface area contributed by atoms with Crippen molar-refractivity contribution in [3.05, 3.63) is 47.3 Å². The normalized spacial score (nSPS) is 19.6. The van der Waals surface area contributed by atoms with Gasteiger partial charge in [-0.1, -0.05) is 29.4 Å². The summed E-state index contributed by atoms with van der Waals surface area (Å²) in [6, 6.07) is 7.75. The Hall–Kier alpha value is -1.38. The molecule has 4 rings (SSSR count). The molecule has 2 aromatic rings. The van der Waals surface area contributed by atoms with Crippen LogP contribution in [0.15, 0.2) is 35.0 Å². The van der Waals surface area contributed by atoms with Crippen molar-refractivity contribution in [2.75, 3.05) is 6.54 Å².